The van der Waals surface area contributed by atoms with Gasteiger partial charge in [0, 0.05) is 19.7 Å². The third kappa shape index (κ3) is 2.21. The molecule has 4 heteroatoms. The molecule has 0 aliphatic carbocycles. The normalized spacial score (nSPS) is 9.87. The zero-order valence-electron chi connectivity index (χ0n) is 9.56. The number of nitrogens with two attached hydrogens (primary N) is 1. The number of nitrogens with one attached hydrogen (secondary N) is 2. The number of aryl methyl sites for hydroxylation is 1. The van der Waals surface area contributed by atoms with Gasteiger partial charge in [-0.25, -0.2) is 0 Å². The Morgan fingerprint density at radius 3 is 2.47 bits per heavy atom. The van der Waals surface area contributed by atoms with Crippen molar-refractivity contribution < 1.29 is 4.79 Å². The molecule has 0 aliphatic heterocycles. The molecule has 1 amide bonds. The maximum atomic E-state index is 11.0. The molecule has 0 atom stereocenters. The van der Waals surface area contributed by atoms with Crippen LogP contribution in [0.4, 0.5) is 17.1 Å². The van der Waals surface area contributed by atoms with Gasteiger partial charge in [0.05, 0.1) is 11.4 Å². The van der Waals surface area contributed by atoms with E-state index in [0.717, 1.165) is 22.5 Å². The molecule has 0 spiro atoms. The monoisotopic (exact) mass is 207 g/mol. The fourth-order valence-corrected chi connectivity index (χ4v) is 1.57. The predicted octanol–water partition coefficient (Wildman–Crippen LogP) is 1.89. The average molecular weight is 207 g/mol. The second-order valence-corrected chi connectivity index (χ2v) is 3.59. The van der Waals surface area contributed by atoms with Gasteiger partial charge in [-0.3, -0.25) is 4.79 Å². The second-order valence-electron chi connectivity index (χ2n) is 3.59. The van der Waals surface area contributed by atoms with Gasteiger partial charge in [0.2, 0.25) is 5.91 Å². The Labute approximate surface area is 89.9 Å². The quantitative estimate of drug-likeness (QED) is 0.649. The van der Waals surface area contributed by atoms with Crippen molar-refractivity contribution in [3.05, 3.63) is 17.2 Å². The van der Waals surface area contributed by atoms with E-state index in [1.165, 1.54) is 6.92 Å². The number of anilines is 3. The van der Waals surface area contributed by atoms with Crippen LogP contribution in [0.2, 0.25) is 0 Å². The smallest absolute Gasteiger partial charge is 0.221 e. The molecule has 4 nitrogen and oxygen atoms in total. The van der Waals surface area contributed by atoms with Crippen molar-refractivity contribution in [2.45, 2.75) is 20.8 Å². The molecule has 0 fully saturated rings. The molecule has 0 bridgehead atoms. The molecular weight excluding hydrogens is 190 g/mol. The summed E-state index contributed by atoms with van der Waals surface area (Å²) in [6.07, 6.45) is 0. The fourth-order valence-electron chi connectivity index (χ4n) is 1.57. The highest BCUT2D eigenvalue weighted by atomic mass is 16.1. The van der Waals surface area contributed by atoms with Gasteiger partial charge >= 0.3 is 0 Å². The highest BCUT2D eigenvalue weighted by molar-refractivity contribution is 5.93. The molecule has 0 saturated carbocycles. The average Bonchev–Trinajstić information content (AvgIpc) is 2.18. The van der Waals surface area contributed by atoms with Crippen molar-refractivity contribution in [1.82, 2.24) is 0 Å². The Hall–Kier alpha value is -1.71. The fraction of sp³-hybridized carbons (Fsp3) is 0.364. The van der Waals surface area contributed by atoms with Crippen LogP contribution in [0.5, 0.6) is 0 Å². The maximum absolute atomic E-state index is 11.0. The number of benzene rings is 1. The van der Waals surface area contributed by atoms with Crippen LogP contribution in [0, 0.1) is 13.8 Å². The zero-order valence-corrected chi connectivity index (χ0v) is 9.56. The van der Waals surface area contributed by atoms with Crippen molar-refractivity contribution in [2.75, 3.05) is 23.4 Å². The van der Waals surface area contributed by atoms with Crippen LogP contribution in [-0.2, 0) is 4.79 Å². The van der Waals surface area contributed by atoms with Crippen LogP contribution in [0.1, 0.15) is 18.1 Å². The largest absolute Gasteiger partial charge is 0.397 e. The molecule has 0 saturated heterocycles. The van der Waals surface area contributed by atoms with Crippen molar-refractivity contribution >= 4 is 23.0 Å². The van der Waals surface area contributed by atoms with Gasteiger partial charge in [0.25, 0.3) is 0 Å². The SMILES string of the molecule is CNc1cc(C)c(NC(C)=O)c(C)c1N. The molecule has 0 unspecified atom stereocenters. The first kappa shape index (κ1) is 11.4. The van der Waals surface area contributed by atoms with Gasteiger partial charge in [0.15, 0.2) is 0 Å². The van der Waals surface area contributed by atoms with E-state index in [1.54, 1.807) is 0 Å². The summed E-state index contributed by atoms with van der Waals surface area (Å²) in [5, 5.41) is 5.81. The molecule has 0 heterocycles. The zero-order chi connectivity index (χ0) is 11.6. The van der Waals surface area contributed by atoms with Gasteiger partial charge < -0.3 is 16.4 Å². The van der Waals surface area contributed by atoms with Crippen LogP contribution in [0.25, 0.3) is 0 Å². The maximum Gasteiger partial charge on any atom is 0.221 e. The third-order valence-electron chi connectivity index (χ3n) is 2.39. The summed E-state index contributed by atoms with van der Waals surface area (Å²) >= 11 is 0. The number of hydrogen-bond acceptors (Lipinski definition) is 3. The lowest BCUT2D eigenvalue weighted by atomic mass is 10.0. The molecule has 0 aromatic heterocycles. The van der Waals surface area contributed by atoms with Crippen molar-refractivity contribution in [3.8, 4) is 0 Å². The molecular formula is C11H17N3O. The van der Waals surface area contributed by atoms with Gasteiger partial charge in [-0.2, -0.15) is 0 Å². The third-order valence-corrected chi connectivity index (χ3v) is 2.39. The topological polar surface area (TPSA) is 67.1 Å². The summed E-state index contributed by atoms with van der Waals surface area (Å²) in [4.78, 5) is 11.0. The van der Waals surface area contributed by atoms with Gasteiger partial charge in [-0.1, -0.05) is 0 Å². The Balaban J connectivity index is 3.29. The molecule has 1 aromatic carbocycles. The summed E-state index contributed by atoms with van der Waals surface area (Å²) in [5.41, 5.74) is 10.2. The van der Waals surface area contributed by atoms with E-state index in [9.17, 15) is 4.79 Å². The van der Waals surface area contributed by atoms with Gasteiger partial charge in [-0.15, -0.1) is 0 Å². The first-order valence-corrected chi connectivity index (χ1v) is 4.82. The summed E-state index contributed by atoms with van der Waals surface area (Å²) in [6.45, 7) is 5.33. The van der Waals surface area contributed by atoms with E-state index in [4.69, 9.17) is 5.73 Å². The highest BCUT2D eigenvalue weighted by Gasteiger charge is 2.10. The predicted molar refractivity (Wildman–Crippen MR) is 64.2 cm³/mol. The first-order valence-electron chi connectivity index (χ1n) is 4.82. The van der Waals surface area contributed by atoms with E-state index >= 15 is 0 Å². The van der Waals surface area contributed by atoms with E-state index in [2.05, 4.69) is 10.6 Å². The first-order chi connectivity index (χ1) is 6.97. The molecule has 15 heavy (non-hydrogen) atoms. The Bertz CT molecular complexity index is 399. The lowest BCUT2D eigenvalue weighted by Gasteiger charge is -2.16. The highest BCUT2D eigenvalue weighted by Crippen LogP contribution is 2.32. The van der Waals surface area contributed by atoms with Crippen LogP contribution in [0.3, 0.4) is 0 Å². The molecule has 4 N–H and O–H groups in total. The minimum Gasteiger partial charge on any atom is -0.397 e. The van der Waals surface area contributed by atoms with E-state index < -0.39 is 0 Å². The second kappa shape index (κ2) is 4.21. The van der Waals surface area contributed by atoms with Crippen molar-refractivity contribution in [2.24, 2.45) is 0 Å². The number of carbonyl (C=O) groups is 1. The van der Waals surface area contributed by atoms with Crippen molar-refractivity contribution in [3.63, 3.8) is 0 Å². The van der Waals surface area contributed by atoms with Crippen LogP contribution < -0.4 is 16.4 Å². The van der Waals surface area contributed by atoms with Gasteiger partial charge in [0.1, 0.15) is 0 Å². The molecule has 82 valence electrons. The minimum absolute atomic E-state index is 0.0854. The van der Waals surface area contributed by atoms with Crippen LogP contribution >= 0.6 is 0 Å². The number of nitrogen functional groups attached to an aromatic ring is 1. The number of carbonyl (C=O) groups excluding carboxylic acids is 1. The number of rotatable bonds is 2. The number of amides is 1. The van der Waals surface area contributed by atoms with Crippen LogP contribution in [0.15, 0.2) is 6.07 Å². The lowest BCUT2D eigenvalue weighted by molar-refractivity contribution is -0.114. The lowest BCUT2D eigenvalue weighted by Crippen LogP contribution is -2.11. The minimum atomic E-state index is -0.0854. The van der Waals surface area contributed by atoms with Crippen molar-refractivity contribution in [1.29, 1.82) is 0 Å². The van der Waals surface area contributed by atoms with E-state index in [1.807, 2.05) is 27.0 Å². The molecule has 0 radical (unpaired) electrons. The Kier molecular flexibility index (Phi) is 3.19. The number of hydrogen-bond donors (Lipinski definition) is 3. The molecule has 0 aliphatic rings. The Morgan fingerprint density at radius 2 is 2.00 bits per heavy atom. The summed E-state index contributed by atoms with van der Waals surface area (Å²) < 4.78 is 0. The summed E-state index contributed by atoms with van der Waals surface area (Å²) in [7, 11) is 1.82. The molecule has 1 rings (SSSR count). The summed E-state index contributed by atoms with van der Waals surface area (Å²) in [5.74, 6) is -0.0854. The Morgan fingerprint density at radius 1 is 1.40 bits per heavy atom. The van der Waals surface area contributed by atoms with E-state index in [0.29, 0.717) is 5.69 Å². The standard InChI is InChI=1S/C11H17N3O/c1-6-5-9(13-4)10(12)7(2)11(6)14-8(3)15/h5,13H,12H2,1-4H3,(H,14,15). The van der Waals surface area contributed by atoms with E-state index in [-0.39, 0.29) is 5.91 Å². The van der Waals surface area contributed by atoms with Crippen LogP contribution in [-0.4, -0.2) is 13.0 Å². The molecule has 1 aromatic rings. The van der Waals surface area contributed by atoms with Gasteiger partial charge in [-0.05, 0) is 31.0 Å². The summed E-state index contributed by atoms with van der Waals surface area (Å²) in [6, 6.07) is 1.92.